The number of benzene rings is 4. The van der Waals surface area contributed by atoms with Gasteiger partial charge in [0.1, 0.15) is 6.54 Å². The highest BCUT2D eigenvalue weighted by Gasteiger charge is 2.29. The Labute approximate surface area is 217 Å². The van der Waals surface area contributed by atoms with E-state index in [1.54, 1.807) is 43.3 Å². The van der Waals surface area contributed by atoms with E-state index in [-0.39, 0.29) is 4.90 Å². The van der Waals surface area contributed by atoms with Crippen LogP contribution in [-0.2, 0) is 14.8 Å². The van der Waals surface area contributed by atoms with Gasteiger partial charge in [-0.25, -0.2) is 8.42 Å². The second kappa shape index (κ2) is 11.0. The van der Waals surface area contributed by atoms with Gasteiger partial charge in [0, 0.05) is 5.02 Å². The molecule has 0 heterocycles. The predicted octanol–water partition coefficient (Wildman–Crippen LogP) is 6.06. The number of nitrogens with zero attached hydrogens (tertiary/aromatic N) is 1. The van der Waals surface area contributed by atoms with Crippen molar-refractivity contribution < 1.29 is 13.2 Å². The number of hydrogen-bond donors (Lipinski definition) is 1. The molecule has 0 spiro atoms. The topological polar surface area (TPSA) is 66.5 Å². The van der Waals surface area contributed by atoms with Crippen LogP contribution in [0.3, 0.4) is 0 Å². The zero-order chi connectivity index (χ0) is 25.7. The smallest absolute Gasteiger partial charge is 0.264 e. The molecule has 1 N–H and O–H groups in total. The summed E-state index contributed by atoms with van der Waals surface area (Å²) in [5, 5.41) is 3.56. The van der Waals surface area contributed by atoms with Gasteiger partial charge in [0.05, 0.1) is 16.6 Å². The fraction of sp³-hybridized carbons (Fsp3) is 0.138. The third kappa shape index (κ3) is 5.61. The number of sulfonamides is 1. The Kier molecular flexibility index (Phi) is 7.77. The summed E-state index contributed by atoms with van der Waals surface area (Å²) < 4.78 is 28.5. The van der Waals surface area contributed by atoms with Crippen LogP contribution in [0.25, 0.3) is 0 Å². The van der Waals surface area contributed by atoms with E-state index < -0.39 is 28.5 Å². The van der Waals surface area contributed by atoms with Crippen molar-refractivity contribution in [3.8, 4) is 0 Å². The van der Waals surface area contributed by atoms with Crippen molar-refractivity contribution in [2.24, 2.45) is 0 Å². The lowest BCUT2D eigenvalue weighted by Crippen LogP contribution is -2.42. The SMILES string of the molecule is Cc1ccccc1C(NC(=O)CN(c1ccc(Cl)cc1C)S(=O)(=O)c1ccccc1)c1ccccc1. The van der Waals surface area contributed by atoms with E-state index in [2.05, 4.69) is 5.32 Å². The maximum atomic E-state index is 13.7. The minimum absolute atomic E-state index is 0.102. The molecule has 0 bridgehead atoms. The zero-order valence-corrected chi connectivity index (χ0v) is 21.6. The number of carbonyl (C=O) groups is 1. The Balaban J connectivity index is 1.72. The van der Waals surface area contributed by atoms with Crippen molar-refractivity contribution >= 4 is 33.2 Å². The van der Waals surface area contributed by atoms with Gasteiger partial charge in [0.2, 0.25) is 5.91 Å². The van der Waals surface area contributed by atoms with Crippen molar-refractivity contribution in [2.45, 2.75) is 24.8 Å². The summed E-state index contributed by atoms with van der Waals surface area (Å²) in [4.78, 5) is 13.6. The molecule has 4 aromatic carbocycles. The van der Waals surface area contributed by atoms with Gasteiger partial charge in [-0.1, -0.05) is 84.4 Å². The zero-order valence-electron chi connectivity index (χ0n) is 20.1. The Bertz CT molecular complexity index is 1460. The molecule has 0 fully saturated rings. The van der Waals surface area contributed by atoms with E-state index in [4.69, 9.17) is 11.6 Å². The predicted molar refractivity (Wildman–Crippen MR) is 145 cm³/mol. The minimum atomic E-state index is -4.03. The molecule has 1 unspecified atom stereocenters. The van der Waals surface area contributed by atoms with Gasteiger partial charge in [0.25, 0.3) is 10.0 Å². The first-order valence-corrected chi connectivity index (χ1v) is 13.3. The van der Waals surface area contributed by atoms with Gasteiger partial charge in [-0.2, -0.15) is 0 Å². The van der Waals surface area contributed by atoms with Crippen molar-refractivity contribution in [1.82, 2.24) is 5.32 Å². The summed E-state index contributed by atoms with van der Waals surface area (Å²) in [6.07, 6.45) is 0. The van der Waals surface area contributed by atoms with E-state index in [0.29, 0.717) is 16.3 Å². The normalized spacial score (nSPS) is 12.1. The first kappa shape index (κ1) is 25.5. The average molecular weight is 519 g/mol. The number of nitrogens with one attached hydrogen (secondary N) is 1. The van der Waals surface area contributed by atoms with Gasteiger partial charge in [-0.15, -0.1) is 0 Å². The summed E-state index contributed by atoms with van der Waals surface area (Å²) in [5.41, 5.74) is 3.91. The molecule has 5 nitrogen and oxygen atoms in total. The first-order valence-electron chi connectivity index (χ1n) is 11.5. The Morgan fingerprint density at radius 1 is 0.833 bits per heavy atom. The second-order valence-corrected chi connectivity index (χ2v) is 10.8. The van der Waals surface area contributed by atoms with Gasteiger partial charge >= 0.3 is 0 Å². The quantitative estimate of drug-likeness (QED) is 0.308. The molecule has 184 valence electrons. The Hall–Kier alpha value is -3.61. The average Bonchev–Trinajstić information content (AvgIpc) is 2.88. The van der Waals surface area contributed by atoms with Crippen molar-refractivity contribution in [3.05, 3.63) is 130 Å². The largest absolute Gasteiger partial charge is 0.344 e. The van der Waals surface area contributed by atoms with Crippen LogP contribution in [0.5, 0.6) is 0 Å². The standard InChI is InChI=1S/C29H27ClN2O3S/c1-21-11-9-10-16-26(21)29(23-12-5-3-6-13-23)31-28(33)20-32(27-18-17-24(30)19-22(27)2)36(34,35)25-14-7-4-8-15-25/h3-19,29H,20H2,1-2H3,(H,31,33). The lowest BCUT2D eigenvalue weighted by Gasteiger charge is -2.27. The number of amides is 1. The Morgan fingerprint density at radius 3 is 2.08 bits per heavy atom. The van der Waals surface area contributed by atoms with Crippen molar-refractivity contribution in [1.29, 1.82) is 0 Å². The lowest BCUT2D eigenvalue weighted by atomic mass is 9.95. The summed E-state index contributed by atoms with van der Waals surface area (Å²) in [6, 6.07) is 30.0. The molecule has 36 heavy (non-hydrogen) atoms. The molecule has 0 aliphatic carbocycles. The lowest BCUT2D eigenvalue weighted by molar-refractivity contribution is -0.120. The molecule has 0 aliphatic rings. The molecule has 0 aliphatic heterocycles. The number of carbonyl (C=O) groups excluding carboxylic acids is 1. The molecule has 0 aromatic heterocycles. The van der Waals surface area contributed by atoms with Gasteiger partial charge in [0.15, 0.2) is 0 Å². The molecule has 7 heteroatoms. The van der Waals surface area contributed by atoms with E-state index in [1.807, 2.05) is 61.5 Å². The minimum Gasteiger partial charge on any atom is -0.344 e. The number of aryl methyl sites for hydroxylation is 2. The van der Waals surface area contributed by atoms with Crippen molar-refractivity contribution in [2.75, 3.05) is 10.8 Å². The van der Waals surface area contributed by atoms with Crippen LogP contribution in [0, 0.1) is 13.8 Å². The van der Waals surface area contributed by atoms with Crippen molar-refractivity contribution in [3.63, 3.8) is 0 Å². The van der Waals surface area contributed by atoms with E-state index in [0.717, 1.165) is 21.0 Å². The summed E-state index contributed by atoms with van der Waals surface area (Å²) in [7, 11) is -4.03. The summed E-state index contributed by atoms with van der Waals surface area (Å²) in [6.45, 7) is 3.36. The molecule has 1 atom stereocenters. The Morgan fingerprint density at radius 2 is 1.44 bits per heavy atom. The molecule has 4 aromatic rings. The van der Waals surface area contributed by atoms with Crippen LogP contribution >= 0.6 is 11.6 Å². The molecular formula is C29H27ClN2O3S. The maximum absolute atomic E-state index is 13.7. The monoisotopic (exact) mass is 518 g/mol. The molecule has 1 amide bonds. The van der Waals surface area contributed by atoms with E-state index in [1.165, 1.54) is 12.1 Å². The number of anilines is 1. The molecular weight excluding hydrogens is 492 g/mol. The molecule has 0 saturated carbocycles. The fourth-order valence-corrected chi connectivity index (χ4v) is 5.89. The second-order valence-electron chi connectivity index (χ2n) is 8.52. The highest BCUT2D eigenvalue weighted by Crippen LogP contribution is 2.30. The maximum Gasteiger partial charge on any atom is 0.264 e. The number of hydrogen-bond acceptors (Lipinski definition) is 3. The van der Waals surface area contributed by atoms with Crippen LogP contribution < -0.4 is 9.62 Å². The van der Waals surface area contributed by atoms with Crippen LogP contribution in [0.15, 0.2) is 108 Å². The van der Waals surface area contributed by atoms with E-state index in [9.17, 15) is 13.2 Å². The van der Waals surface area contributed by atoms with E-state index >= 15 is 0 Å². The number of rotatable bonds is 8. The van der Waals surface area contributed by atoms with Gasteiger partial charge < -0.3 is 5.32 Å². The molecule has 0 saturated heterocycles. The summed E-state index contributed by atoms with van der Waals surface area (Å²) in [5.74, 6) is -0.430. The van der Waals surface area contributed by atoms with Gasteiger partial charge in [-0.05, 0) is 66.4 Å². The van der Waals surface area contributed by atoms with Crippen LogP contribution in [0.1, 0.15) is 28.3 Å². The third-order valence-electron chi connectivity index (χ3n) is 5.98. The third-order valence-corrected chi connectivity index (χ3v) is 7.99. The molecule has 0 radical (unpaired) electrons. The van der Waals surface area contributed by atoms with Crippen LogP contribution in [0.4, 0.5) is 5.69 Å². The van der Waals surface area contributed by atoms with Crippen LogP contribution in [-0.4, -0.2) is 20.9 Å². The fourth-order valence-electron chi connectivity index (χ4n) is 4.15. The molecule has 4 rings (SSSR count). The highest BCUT2D eigenvalue weighted by atomic mass is 35.5. The van der Waals surface area contributed by atoms with Crippen LogP contribution in [0.2, 0.25) is 5.02 Å². The number of halogens is 1. The summed E-state index contributed by atoms with van der Waals surface area (Å²) >= 11 is 6.13. The highest BCUT2D eigenvalue weighted by molar-refractivity contribution is 7.92. The van der Waals surface area contributed by atoms with Gasteiger partial charge in [-0.3, -0.25) is 9.10 Å². The first-order chi connectivity index (χ1) is 17.3.